The zero-order chi connectivity index (χ0) is 11.4. The van der Waals surface area contributed by atoms with Gasteiger partial charge in [0.15, 0.2) is 0 Å². The highest BCUT2D eigenvalue weighted by Gasteiger charge is 2.16. The van der Waals surface area contributed by atoms with Crippen molar-refractivity contribution in [1.29, 1.82) is 0 Å². The number of aliphatic hydroxyl groups excluding tert-OH is 1. The van der Waals surface area contributed by atoms with Crippen LogP contribution in [-0.2, 0) is 11.3 Å². The minimum Gasteiger partial charge on any atom is -0.497 e. The fraction of sp³-hybridized carbons (Fsp3) is 0.385. The second-order valence-electron chi connectivity index (χ2n) is 3.89. The molecule has 0 spiro atoms. The van der Waals surface area contributed by atoms with Crippen LogP contribution >= 0.6 is 0 Å². The fourth-order valence-corrected chi connectivity index (χ4v) is 1.70. The van der Waals surface area contributed by atoms with Crippen molar-refractivity contribution in [3.8, 4) is 5.75 Å². The minimum atomic E-state index is -0.346. The van der Waals surface area contributed by atoms with Crippen molar-refractivity contribution in [1.82, 2.24) is 0 Å². The highest BCUT2D eigenvalue weighted by molar-refractivity contribution is 5.26. The van der Waals surface area contributed by atoms with Gasteiger partial charge >= 0.3 is 0 Å². The average molecular weight is 220 g/mol. The molecule has 1 aromatic rings. The van der Waals surface area contributed by atoms with Gasteiger partial charge in [-0.1, -0.05) is 24.3 Å². The highest BCUT2D eigenvalue weighted by Crippen LogP contribution is 2.17. The van der Waals surface area contributed by atoms with E-state index in [-0.39, 0.29) is 12.2 Å². The molecule has 0 unspecified atom stereocenters. The van der Waals surface area contributed by atoms with Gasteiger partial charge in [0.1, 0.15) is 5.75 Å². The van der Waals surface area contributed by atoms with Crippen LogP contribution in [0.15, 0.2) is 36.4 Å². The monoisotopic (exact) mass is 220 g/mol. The largest absolute Gasteiger partial charge is 0.497 e. The quantitative estimate of drug-likeness (QED) is 0.788. The van der Waals surface area contributed by atoms with Gasteiger partial charge in [-0.3, -0.25) is 0 Å². The van der Waals surface area contributed by atoms with Gasteiger partial charge in [-0.25, -0.2) is 0 Å². The molecular formula is C13H16O3. The maximum atomic E-state index is 9.28. The van der Waals surface area contributed by atoms with E-state index in [0.717, 1.165) is 11.3 Å². The summed E-state index contributed by atoms with van der Waals surface area (Å²) in [5, 5.41) is 9.28. The first-order chi connectivity index (χ1) is 7.78. The highest BCUT2D eigenvalue weighted by atomic mass is 16.5. The normalized spacial score (nSPS) is 23.6. The molecule has 86 valence electrons. The molecular weight excluding hydrogens is 204 g/mol. The zero-order valence-electron chi connectivity index (χ0n) is 9.30. The number of benzene rings is 1. The Morgan fingerprint density at radius 2 is 2.00 bits per heavy atom. The molecule has 0 bridgehead atoms. The Morgan fingerprint density at radius 3 is 2.56 bits per heavy atom. The van der Waals surface area contributed by atoms with Gasteiger partial charge in [0.05, 0.1) is 25.9 Å². The summed E-state index contributed by atoms with van der Waals surface area (Å²) in [5.41, 5.74) is 1.11. The van der Waals surface area contributed by atoms with Crippen molar-refractivity contribution in [3.63, 3.8) is 0 Å². The third-order valence-corrected chi connectivity index (χ3v) is 2.64. The molecule has 0 aliphatic heterocycles. The van der Waals surface area contributed by atoms with Crippen LogP contribution in [0.5, 0.6) is 5.75 Å². The molecule has 0 amide bonds. The molecule has 1 aliphatic carbocycles. The molecule has 1 N–H and O–H groups in total. The van der Waals surface area contributed by atoms with Crippen molar-refractivity contribution < 1.29 is 14.6 Å². The van der Waals surface area contributed by atoms with E-state index in [9.17, 15) is 5.11 Å². The average Bonchev–Trinajstić information content (AvgIpc) is 2.73. The first-order valence-corrected chi connectivity index (χ1v) is 5.39. The third kappa shape index (κ3) is 2.84. The van der Waals surface area contributed by atoms with Crippen LogP contribution in [-0.4, -0.2) is 24.4 Å². The van der Waals surface area contributed by atoms with Gasteiger partial charge in [0.25, 0.3) is 0 Å². The van der Waals surface area contributed by atoms with E-state index in [1.807, 2.05) is 30.3 Å². The number of hydrogen-bond acceptors (Lipinski definition) is 3. The lowest BCUT2D eigenvalue weighted by Gasteiger charge is -2.11. The summed E-state index contributed by atoms with van der Waals surface area (Å²) in [6, 6.07) is 7.79. The first-order valence-electron chi connectivity index (χ1n) is 5.39. The van der Waals surface area contributed by atoms with Gasteiger partial charge < -0.3 is 14.6 Å². The summed E-state index contributed by atoms with van der Waals surface area (Å²) >= 11 is 0. The minimum absolute atomic E-state index is 0.0390. The Bertz CT molecular complexity index is 356. The van der Waals surface area contributed by atoms with E-state index in [2.05, 4.69) is 0 Å². The molecule has 0 saturated carbocycles. The van der Waals surface area contributed by atoms with Crippen LogP contribution in [0.2, 0.25) is 0 Å². The molecule has 1 aliphatic rings. The van der Waals surface area contributed by atoms with Gasteiger partial charge in [-0.15, -0.1) is 0 Å². The van der Waals surface area contributed by atoms with Crippen LogP contribution < -0.4 is 4.74 Å². The van der Waals surface area contributed by atoms with Gasteiger partial charge in [-0.05, 0) is 17.7 Å². The molecule has 0 heterocycles. The summed E-state index contributed by atoms with van der Waals surface area (Å²) in [7, 11) is 1.65. The summed E-state index contributed by atoms with van der Waals surface area (Å²) in [4.78, 5) is 0. The molecule has 0 saturated heterocycles. The number of hydrogen-bond donors (Lipinski definition) is 1. The zero-order valence-corrected chi connectivity index (χ0v) is 9.30. The van der Waals surface area contributed by atoms with Crippen molar-refractivity contribution in [2.24, 2.45) is 0 Å². The summed E-state index contributed by atoms with van der Waals surface area (Å²) < 4.78 is 10.7. The van der Waals surface area contributed by atoms with Crippen molar-refractivity contribution >= 4 is 0 Å². The molecule has 0 radical (unpaired) electrons. The maximum Gasteiger partial charge on any atom is 0.118 e. The summed E-state index contributed by atoms with van der Waals surface area (Å²) in [5.74, 6) is 0.847. The van der Waals surface area contributed by atoms with E-state index in [0.29, 0.717) is 13.0 Å². The second-order valence-corrected chi connectivity index (χ2v) is 3.89. The molecule has 0 aromatic heterocycles. The Hall–Kier alpha value is -1.32. The topological polar surface area (TPSA) is 38.7 Å². The van der Waals surface area contributed by atoms with Crippen LogP contribution in [0.4, 0.5) is 0 Å². The summed E-state index contributed by atoms with van der Waals surface area (Å²) in [6.45, 7) is 0.561. The number of methoxy groups -OCH3 is 1. The Labute approximate surface area is 95.3 Å². The maximum absolute atomic E-state index is 9.28. The van der Waals surface area contributed by atoms with Gasteiger partial charge in [0.2, 0.25) is 0 Å². The van der Waals surface area contributed by atoms with Crippen LogP contribution in [0.3, 0.4) is 0 Å². The molecule has 1 aromatic carbocycles. The van der Waals surface area contributed by atoms with Gasteiger partial charge in [0, 0.05) is 6.42 Å². The Morgan fingerprint density at radius 1 is 1.25 bits per heavy atom. The lowest BCUT2D eigenvalue weighted by Crippen LogP contribution is -2.10. The van der Waals surface area contributed by atoms with Crippen LogP contribution in [0.25, 0.3) is 0 Å². The second kappa shape index (κ2) is 5.14. The third-order valence-electron chi connectivity index (χ3n) is 2.64. The Kier molecular flexibility index (Phi) is 3.59. The van der Waals surface area contributed by atoms with E-state index < -0.39 is 0 Å². The van der Waals surface area contributed by atoms with Crippen molar-refractivity contribution in [3.05, 3.63) is 42.0 Å². The lowest BCUT2D eigenvalue weighted by atomic mass is 10.2. The SMILES string of the molecule is COc1ccc(CO[C@@H]2C=C[C@H](O)C2)cc1. The predicted molar refractivity (Wildman–Crippen MR) is 61.3 cm³/mol. The number of aliphatic hydroxyl groups is 1. The smallest absolute Gasteiger partial charge is 0.118 e. The molecule has 3 nitrogen and oxygen atoms in total. The van der Waals surface area contributed by atoms with E-state index in [1.54, 1.807) is 13.2 Å². The van der Waals surface area contributed by atoms with E-state index in [1.165, 1.54) is 0 Å². The standard InChI is InChI=1S/C13H16O3/c1-15-12-5-2-10(3-6-12)9-16-13-7-4-11(14)8-13/h2-7,11,13-14H,8-9H2,1H3/t11-,13+/m0/s1. The molecule has 2 atom stereocenters. The fourth-order valence-electron chi connectivity index (χ4n) is 1.70. The molecule has 16 heavy (non-hydrogen) atoms. The Balaban J connectivity index is 1.83. The van der Waals surface area contributed by atoms with Crippen molar-refractivity contribution in [2.75, 3.05) is 7.11 Å². The summed E-state index contributed by atoms with van der Waals surface area (Å²) in [6.07, 6.45) is 4.04. The first kappa shape index (κ1) is 11.2. The van der Waals surface area contributed by atoms with E-state index in [4.69, 9.17) is 9.47 Å². The number of ether oxygens (including phenoxy) is 2. The molecule has 2 rings (SSSR count). The molecule has 3 heteroatoms. The number of rotatable bonds is 4. The predicted octanol–water partition coefficient (Wildman–Crippen LogP) is 1.90. The lowest BCUT2D eigenvalue weighted by molar-refractivity contribution is 0.0528. The van der Waals surface area contributed by atoms with Crippen LogP contribution in [0.1, 0.15) is 12.0 Å². The van der Waals surface area contributed by atoms with Crippen LogP contribution in [0, 0.1) is 0 Å². The molecule has 0 fully saturated rings. The van der Waals surface area contributed by atoms with E-state index >= 15 is 0 Å². The van der Waals surface area contributed by atoms with Gasteiger partial charge in [-0.2, -0.15) is 0 Å². The van der Waals surface area contributed by atoms with Crippen molar-refractivity contribution in [2.45, 2.75) is 25.2 Å².